The smallest absolute Gasteiger partial charge is 0.244 e. The average Bonchev–Trinajstić information content (AvgIpc) is 2.60. The Morgan fingerprint density at radius 3 is 3.11 bits per heavy atom. The van der Waals surface area contributed by atoms with E-state index >= 15 is 0 Å². The number of anilines is 1. The molecule has 1 amide bonds. The molecule has 0 bridgehead atoms. The van der Waals surface area contributed by atoms with Crippen molar-refractivity contribution in [2.75, 3.05) is 18.1 Å². The maximum atomic E-state index is 12.3. The molecule has 0 saturated heterocycles. The normalized spacial score (nSPS) is 16.2. The zero-order valence-electron chi connectivity index (χ0n) is 10.3. The van der Waals surface area contributed by atoms with Crippen molar-refractivity contribution in [3.8, 4) is 5.75 Å². The van der Waals surface area contributed by atoms with Gasteiger partial charge < -0.3 is 15.4 Å². The third-order valence-corrected chi connectivity index (χ3v) is 2.94. The van der Waals surface area contributed by atoms with Crippen LogP contribution >= 0.6 is 0 Å². The summed E-state index contributed by atoms with van der Waals surface area (Å²) in [6.45, 7) is 4.88. The molecule has 0 aliphatic carbocycles. The Kier molecular flexibility index (Phi) is 3.99. The predicted molar refractivity (Wildman–Crippen MR) is 71.7 cm³/mol. The molecule has 0 saturated carbocycles. The number of nitrogens with two attached hydrogens (primary N) is 1. The molecular weight excluding hydrogens is 228 g/mol. The van der Waals surface area contributed by atoms with Crippen LogP contribution in [0.2, 0.25) is 0 Å². The Hall–Kier alpha value is -1.81. The van der Waals surface area contributed by atoms with Crippen molar-refractivity contribution in [2.45, 2.75) is 18.9 Å². The SMILES string of the molecule is C=CCC(N)C(=O)N1CCCOc2ccccc21. The second kappa shape index (κ2) is 5.69. The molecule has 1 aromatic carbocycles. The van der Waals surface area contributed by atoms with E-state index in [0.29, 0.717) is 19.6 Å². The van der Waals surface area contributed by atoms with Crippen LogP contribution in [0.3, 0.4) is 0 Å². The molecule has 1 aromatic rings. The highest BCUT2D eigenvalue weighted by molar-refractivity contribution is 5.98. The van der Waals surface area contributed by atoms with Gasteiger partial charge in [0.15, 0.2) is 0 Å². The number of hydrogen-bond acceptors (Lipinski definition) is 3. The zero-order valence-corrected chi connectivity index (χ0v) is 10.3. The lowest BCUT2D eigenvalue weighted by Gasteiger charge is -2.24. The number of para-hydroxylation sites is 2. The van der Waals surface area contributed by atoms with E-state index in [0.717, 1.165) is 17.9 Å². The van der Waals surface area contributed by atoms with E-state index in [4.69, 9.17) is 10.5 Å². The molecule has 1 unspecified atom stereocenters. The Bertz CT molecular complexity index is 445. The molecule has 0 fully saturated rings. The third-order valence-electron chi connectivity index (χ3n) is 2.94. The first kappa shape index (κ1) is 12.6. The van der Waals surface area contributed by atoms with Gasteiger partial charge in [0.25, 0.3) is 0 Å². The van der Waals surface area contributed by atoms with Crippen molar-refractivity contribution in [1.82, 2.24) is 0 Å². The van der Waals surface area contributed by atoms with Crippen LogP contribution in [0.4, 0.5) is 5.69 Å². The number of carbonyl (C=O) groups excluding carboxylic acids is 1. The highest BCUT2D eigenvalue weighted by atomic mass is 16.5. The summed E-state index contributed by atoms with van der Waals surface area (Å²) >= 11 is 0. The fourth-order valence-corrected chi connectivity index (χ4v) is 2.04. The van der Waals surface area contributed by atoms with Gasteiger partial charge in [-0.1, -0.05) is 18.2 Å². The van der Waals surface area contributed by atoms with E-state index < -0.39 is 6.04 Å². The molecule has 4 heteroatoms. The van der Waals surface area contributed by atoms with Crippen molar-refractivity contribution in [1.29, 1.82) is 0 Å². The molecular formula is C14H18N2O2. The second-order valence-electron chi connectivity index (χ2n) is 4.29. The van der Waals surface area contributed by atoms with Gasteiger partial charge >= 0.3 is 0 Å². The zero-order chi connectivity index (χ0) is 13.0. The van der Waals surface area contributed by atoms with Crippen LogP contribution in [-0.2, 0) is 4.79 Å². The summed E-state index contributed by atoms with van der Waals surface area (Å²) in [7, 11) is 0. The Morgan fingerprint density at radius 2 is 2.33 bits per heavy atom. The molecule has 0 spiro atoms. The lowest BCUT2D eigenvalue weighted by Crippen LogP contribution is -2.44. The van der Waals surface area contributed by atoms with Crippen LogP contribution in [0.5, 0.6) is 5.75 Å². The van der Waals surface area contributed by atoms with Crippen LogP contribution in [0, 0.1) is 0 Å². The van der Waals surface area contributed by atoms with Crippen molar-refractivity contribution < 1.29 is 9.53 Å². The fraction of sp³-hybridized carbons (Fsp3) is 0.357. The minimum atomic E-state index is -0.534. The summed E-state index contributed by atoms with van der Waals surface area (Å²) < 4.78 is 5.61. The minimum Gasteiger partial charge on any atom is -0.491 e. The number of benzene rings is 1. The topological polar surface area (TPSA) is 55.6 Å². The molecule has 1 heterocycles. The highest BCUT2D eigenvalue weighted by Gasteiger charge is 2.25. The summed E-state index contributed by atoms with van der Waals surface area (Å²) in [5, 5.41) is 0. The van der Waals surface area contributed by atoms with E-state index in [1.807, 2.05) is 24.3 Å². The van der Waals surface area contributed by atoms with Gasteiger partial charge in [-0.25, -0.2) is 0 Å². The number of rotatable bonds is 3. The van der Waals surface area contributed by atoms with E-state index in [9.17, 15) is 4.79 Å². The molecule has 18 heavy (non-hydrogen) atoms. The molecule has 2 rings (SSSR count). The molecule has 0 radical (unpaired) electrons. The summed E-state index contributed by atoms with van der Waals surface area (Å²) in [6, 6.07) is 7.02. The largest absolute Gasteiger partial charge is 0.491 e. The molecule has 1 aliphatic heterocycles. The van der Waals surface area contributed by atoms with Crippen molar-refractivity contribution >= 4 is 11.6 Å². The Morgan fingerprint density at radius 1 is 1.56 bits per heavy atom. The minimum absolute atomic E-state index is 0.0761. The van der Waals surface area contributed by atoms with Crippen LogP contribution in [0.15, 0.2) is 36.9 Å². The number of hydrogen-bond donors (Lipinski definition) is 1. The lowest BCUT2D eigenvalue weighted by atomic mass is 10.1. The van der Waals surface area contributed by atoms with Gasteiger partial charge in [0.1, 0.15) is 5.75 Å². The van der Waals surface area contributed by atoms with Gasteiger partial charge in [0, 0.05) is 6.54 Å². The van der Waals surface area contributed by atoms with E-state index in [2.05, 4.69) is 6.58 Å². The van der Waals surface area contributed by atoms with Gasteiger partial charge in [-0.15, -0.1) is 6.58 Å². The summed E-state index contributed by atoms with van der Waals surface area (Å²) in [5.74, 6) is 0.669. The third kappa shape index (κ3) is 2.54. The quantitative estimate of drug-likeness (QED) is 0.826. The number of nitrogens with zero attached hydrogens (tertiary/aromatic N) is 1. The van der Waals surface area contributed by atoms with Crippen LogP contribution < -0.4 is 15.4 Å². The second-order valence-corrected chi connectivity index (χ2v) is 4.29. The van der Waals surface area contributed by atoms with Gasteiger partial charge in [-0.2, -0.15) is 0 Å². The van der Waals surface area contributed by atoms with E-state index in [-0.39, 0.29) is 5.91 Å². The first-order valence-corrected chi connectivity index (χ1v) is 6.13. The van der Waals surface area contributed by atoms with Crippen LogP contribution in [0.1, 0.15) is 12.8 Å². The van der Waals surface area contributed by atoms with Crippen molar-refractivity contribution in [2.24, 2.45) is 5.73 Å². The molecule has 1 atom stereocenters. The number of amides is 1. The summed E-state index contributed by atoms with van der Waals surface area (Å²) in [5.41, 5.74) is 6.67. The molecule has 1 aliphatic rings. The summed E-state index contributed by atoms with van der Waals surface area (Å²) in [6.07, 6.45) is 2.96. The standard InChI is InChI=1S/C14H18N2O2/c1-2-6-11(15)14(17)16-9-5-10-18-13-8-4-3-7-12(13)16/h2-4,7-8,11H,1,5-6,9-10,15H2. The van der Waals surface area contributed by atoms with Gasteiger partial charge in [-0.3, -0.25) is 4.79 Å². The van der Waals surface area contributed by atoms with Gasteiger partial charge in [0.05, 0.1) is 18.3 Å². The summed E-state index contributed by atoms with van der Waals surface area (Å²) in [4.78, 5) is 14.0. The van der Waals surface area contributed by atoms with Crippen molar-refractivity contribution in [3.63, 3.8) is 0 Å². The fourth-order valence-electron chi connectivity index (χ4n) is 2.04. The number of carbonyl (C=O) groups is 1. The average molecular weight is 246 g/mol. The molecule has 96 valence electrons. The van der Waals surface area contributed by atoms with E-state index in [1.165, 1.54) is 0 Å². The lowest BCUT2D eigenvalue weighted by molar-refractivity contribution is -0.119. The highest BCUT2D eigenvalue weighted by Crippen LogP contribution is 2.30. The van der Waals surface area contributed by atoms with Gasteiger partial charge in [-0.05, 0) is 25.0 Å². The van der Waals surface area contributed by atoms with Crippen molar-refractivity contribution in [3.05, 3.63) is 36.9 Å². The van der Waals surface area contributed by atoms with Gasteiger partial charge in [0.2, 0.25) is 5.91 Å². The molecule has 0 aromatic heterocycles. The van der Waals surface area contributed by atoms with Crippen LogP contribution in [0.25, 0.3) is 0 Å². The Labute approximate surface area is 107 Å². The van der Waals surface area contributed by atoms with E-state index in [1.54, 1.807) is 11.0 Å². The van der Waals surface area contributed by atoms with Crippen LogP contribution in [-0.4, -0.2) is 25.1 Å². The maximum absolute atomic E-state index is 12.3. The first-order valence-electron chi connectivity index (χ1n) is 6.13. The molecule has 4 nitrogen and oxygen atoms in total. The number of ether oxygens (including phenoxy) is 1. The predicted octanol–water partition coefficient (Wildman–Crippen LogP) is 1.71. The first-order chi connectivity index (χ1) is 8.74. The molecule has 2 N–H and O–H groups in total. The number of fused-ring (bicyclic) bond motifs is 1. The Balaban J connectivity index is 2.27. The monoisotopic (exact) mass is 246 g/mol. The maximum Gasteiger partial charge on any atom is 0.244 e.